The quantitative estimate of drug-likeness (QED) is 0.0549. The number of rotatable bonds is 15. The second-order valence-corrected chi connectivity index (χ2v) is 38.3. The number of aromatic nitrogens is 6. The van der Waals surface area contributed by atoms with Crippen LogP contribution in [0, 0.1) is 37.1 Å². The monoisotopic (exact) mass is 1680 g/mol. The molecule has 0 N–H and O–H groups in total. The van der Waals surface area contributed by atoms with Gasteiger partial charge in [0.15, 0.2) is 74.4 Å². The molecular formula is C96H121B12N6O12+. The third kappa shape index (κ3) is 22.8. The highest BCUT2D eigenvalue weighted by Gasteiger charge is 2.54. The van der Waals surface area contributed by atoms with E-state index in [1.165, 1.54) is 0 Å². The first-order valence-electron chi connectivity index (χ1n) is 41.7. The molecule has 0 saturated carbocycles. The van der Waals surface area contributed by atoms with Crippen LogP contribution in [-0.2, 0) is 54.9 Å². The van der Waals surface area contributed by atoms with Crippen molar-refractivity contribution >= 4 is 118 Å². The summed E-state index contributed by atoms with van der Waals surface area (Å²) < 4.78 is 90.4. The summed E-state index contributed by atoms with van der Waals surface area (Å²) in [5.41, 5.74) is 18.0. The SMILES string of the molecule is C.CC(C)(C)B1OB(c2ccc(-[n+]3ccc(-c4cc[n+](-c5ccc(B6OB(c7ccc(-[n+]8ccc(-c9cc[n+](-c%10ccc(B%11OB(C(C)(C)C)OB(C(C)(C)C)O%11)cc%10)cc9)cc8)cc7)OB(c7ccc(-[n+]8ccc(-c9cc[n+](-c%10ccc(B%11OB(C(C)(C)C)OB(C(C)(C)C)O%11)cc%10)cc9)cc8)cc7)O6)cc5)cc4)cc3)cc2)OB(C(C)(C)C)O1.[CH3-].[CH3-].[CH3-].[CH3-].[CH3-]. The Kier molecular flexibility index (Phi) is 31.4. The summed E-state index contributed by atoms with van der Waals surface area (Å²) in [6.07, 6.45) is 25.1. The second-order valence-electron chi connectivity index (χ2n) is 38.3. The van der Waals surface area contributed by atoms with Crippen molar-refractivity contribution in [3.8, 4) is 67.5 Å². The highest BCUT2D eigenvalue weighted by atomic mass is 16.7. The van der Waals surface area contributed by atoms with E-state index in [0.717, 1.165) is 100 Å². The van der Waals surface area contributed by atoms with Crippen molar-refractivity contribution in [1.29, 1.82) is 0 Å². The lowest BCUT2D eigenvalue weighted by Crippen LogP contribution is -2.61. The molecule has 4 fully saturated rings. The van der Waals surface area contributed by atoms with Crippen LogP contribution in [0.25, 0.3) is 67.5 Å². The Hall–Kier alpha value is -9.48. The topological polar surface area (TPSA) is 134 Å². The number of benzene rings is 6. The van der Waals surface area contributed by atoms with Gasteiger partial charge in [-0.2, -0.15) is 27.4 Å². The largest absolute Gasteiger partial charge is 0.467 e. The minimum Gasteiger partial charge on any atom is -0.452 e. The molecule has 0 radical (unpaired) electrons. The summed E-state index contributed by atoms with van der Waals surface area (Å²) >= 11 is 0. The Morgan fingerprint density at radius 2 is 0.270 bits per heavy atom. The molecule has 6 aromatic carbocycles. The predicted octanol–water partition coefficient (Wildman–Crippen LogP) is 14.8. The Bertz CT molecular complexity index is 4890. The molecule has 12 aromatic rings. The molecule has 4 aliphatic heterocycles. The summed E-state index contributed by atoms with van der Waals surface area (Å²) in [5.74, 6) is 0. The maximum atomic E-state index is 6.83. The van der Waals surface area contributed by atoms with Gasteiger partial charge in [-0.25, -0.2) is 0 Å². The fourth-order valence-corrected chi connectivity index (χ4v) is 14.7. The van der Waals surface area contributed by atoms with Crippen LogP contribution in [0.1, 0.15) is 132 Å². The lowest BCUT2D eigenvalue weighted by atomic mass is 9.50. The molecular weight excluding hydrogens is 1560 g/mol. The highest BCUT2D eigenvalue weighted by molar-refractivity contribution is 6.87. The van der Waals surface area contributed by atoms with E-state index in [4.69, 9.17) is 54.9 Å². The van der Waals surface area contributed by atoms with Crippen molar-refractivity contribution < 1.29 is 82.3 Å². The van der Waals surface area contributed by atoms with Crippen LogP contribution in [0.3, 0.4) is 0 Å². The average molecular weight is 1680 g/mol. The van der Waals surface area contributed by atoms with Crippen LogP contribution < -0.4 is 60.2 Å². The molecule has 126 heavy (non-hydrogen) atoms. The first kappa shape index (κ1) is 98.7. The molecule has 18 nitrogen and oxygen atoms in total. The molecule has 0 aliphatic carbocycles. The predicted molar refractivity (Wildman–Crippen MR) is 522 cm³/mol. The van der Waals surface area contributed by atoms with Gasteiger partial charge in [-0.1, -0.05) is 205 Å². The average Bonchev–Trinajstić information content (AvgIpc) is 0.796. The number of hydrogen-bond acceptors (Lipinski definition) is 12. The fraction of sp³-hybridized carbons (Fsp3) is 0.260. The van der Waals surface area contributed by atoms with E-state index in [0.29, 0.717) is 0 Å². The van der Waals surface area contributed by atoms with Crippen LogP contribution >= 0.6 is 0 Å². The zero-order valence-corrected chi connectivity index (χ0v) is 77.2. The van der Waals surface area contributed by atoms with E-state index in [9.17, 15) is 0 Å². The number of pyridine rings is 6. The summed E-state index contributed by atoms with van der Waals surface area (Å²) in [5, 5.41) is -1.34. The molecule has 0 amide bonds. The molecule has 4 aliphatic rings. The van der Waals surface area contributed by atoms with Crippen molar-refractivity contribution in [1.82, 2.24) is 0 Å². The van der Waals surface area contributed by atoms with E-state index in [1.807, 2.05) is 0 Å². The number of hydrogen-bond donors (Lipinski definition) is 0. The third-order valence-corrected chi connectivity index (χ3v) is 22.0. The Balaban J connectivity index is 0.00000276. The van der Waals surface area contributed by atoms with Crippen molar-refractivity contribution in [2.45, 2.75) is 164 Å². The molecule has 10 heterocycles. The van der Waals surface area contributed by atoms with Gasteiger partial charge in [0, 0.05) is 146 Å². The van der Waals surface area contributed by atoms with Crippen LogP contribution in [0.4, 0.5) is 0 Å². The van der Waals surface area contributed by atoms with Gasteiger partial charge < -0.3 is 92.0 Å². The lowest BCUT2D eigenvalue weighted by molar-refractivity contribution is -0.596. The molecule has 6 aromatic heterocycles. The van der Waals surface area contributed by atoms with E-state index in [2.05, 4.69) is 445 Å². The van der Waals surface area contributed by atoms with Crippen LogP contribution in [0.15, 0.2) is 293 Å². The summed E-state index contributed by atoms with van der Waals surface area (Å²) in [7, 11) is -6.42. The molecule has 16 rings (SSSR count). The second kappa shape index (κ2) is 40.0. The van der Waals surface area contributed by atoms with E-state index in [-0.39, 0.29) is 76.4 Å². The maximum absolute atomic E-state index is 6.83. The highest BCUT2D eigenvalue weighted by Crippen LogP contribution is 2.41. The molecule has 642 valence electrons. The Morgan fingerprint density at radius 1 is 0.159 bits per heavy atom. The lowest BCUT2D eigenvalue weighted by Gasteiger charge is -2.40. The zero-order chi connectivity index (χ0) is 84.2. The van der Waals surface area contributed by atoms with Crippen molar-refractivity contribution in [2.24, 2.45) is 0 Å². The molecule has 4 saturated heterocycles. The summed E-state index contributed by atoms with van der Waals surface area (Å²) in [6, 6.07) is 75.6. The summed E-state index contributed by atoms with van der Waals surface area (Å²) in [6.45, 7) is 38.2. The Morgan fingerprint density at radius 3 is 0.381 bits per heavy atom. The van der Waals surface area contributed by atoms with Gasteiger partial charge >= 0.3 is 85.4 Å². The Labute approximate surface area is 757 Å². The minimum absolute atomic E-state index is 0. The van der Waals surface area contributed by atoms with Crippen LogP contribution in [0.5, 0.6) is 0 Å². The van der Waals surface area contributed by atoms with Gasteiger partial charge in [0.25, 0.3) is 0 Å². The van der Waals surface area contributed by atoms with Crippen molar-refractivity contribution in [3.05, 3.63) is 330 Å². The van der Waals surface area contributed by atoms with Crippen molar-refractivity contribution in [2.75, 3.05) is 0 Å². The van der Waals surface area contributed by atoms with Crippen molar-refractivity contribution in [3.63, 3.8) is 0 Å². The standard InChI is InChI=1S/C90H102B12N6O12.CH4.5CH3/c1-85(2,3)97-112-94(113-98(118-97)86(4,5)6)76-25-37-82(38-26-76)106-61-49-70(50-62-106)67-43-55-103(56-44-67)79-31-19-73(20-32-79)91-109-92(74-21-33-80(34-22-74)104-57-45-68(46-58-104)71-51-63-107(64-52-71)83-39-27-77(28-40-83)95-114-99(87(7,8)9)119-100(115-95)88(10,11)12)111-93(110-91)75-23-35-81(36-24-75)105-59-47-69(48-60-105)72-53-65-108(66-54-72)84-41-29-78(30-42-84)96-116-101(89(13,14)15)120-102(117-96)90(16,17)18;;;;;;/h19-66H,1-18H3;1H4;5*1H3/q+6;;5*-1. The van der Waals surface area contributed by atoms with E-state index in [1.54, 1.807) is 0 Å². The minimum atomic E-state index is -0.775. The molecule has 0 unspecified atom stereocenters. The molecule has 30 heteroatoms. The molecule has 0 bridgehead atoms. The smallest absolute Gasteiger partial charge is 0.452 e. The maximum Gasteiger partial charge on any atom is 0.467 e. The fourth-order valence-electron chi connectivity index (χ4n) is 14.7. The van der Waals surface area contributed by atoms with Gasteiger partial charge in [0.1, 0.15) is 0 Å². The number of nitrogens with zero attached hydrogens (tertiary/aromatic N) is 6. The normalized spacial score (nSPS) is 14.9. The summed E-state index contributed by atoms with van der Waals surface area (Å²) in [4.78, 5) is 0. The molecule has 0 atom stereocenters. The van der Waals surface area contributed by atoms with Gasteiger partial charge in [-0.05, 0) is 98.0 Å². The van der Waals surface area contributed by atoms with Gasteiger partial charge in [-0.3, -0.25) is 0 Å². The zero-order valence-electron chi connectivity index (χ0n) is 77.2. The van der Waals surface area contributed by atoms with Crippen LogP contribution in [0.2, 0.25) is 31.9 Å². The van der Waals surface area contributed by atoms with E-state index >= 15 is 0 Å². The van der Waals surface area contributed by atoms with Gasteiger partial charge in [-0.15, -0.1) is 0 Å². The van der Waals surface area contributed by atoms with E-state index < -0.39 is 85.4 Å². The molecule has 0 spiro atoms. The first-order chi connectivity index (χ1) is 57.1. The first-order valence-corrected chi connectivity index (χ1v) is 41.7. The third-order valence-electron chi connectivity index (χ3n) is 22.0. The van der Waals surface area contributed by atoms with Crippen LogP contribution in [-0.4, -0.2) is 85.4 Å². The van der Waals surface area contributed by atoms with Gasteiger partial charge in [0.2, 0.25) is 34.1 Å². The van der Waals surface area contributed by atoms with Gasteiger partial charge in [0.05, 0.1) is 0 Å².